The van der Waals surface area contributed by atoms with Gasteiger partial charge >= 0.3 is 6.03 Å². The van der Waals surface area contributed by atoms with Gasteiger partial charge in [0.05, 0.1) is 6.10 Å². The van der Waals surface area contributed by atoms with Crippen molar-refractivity contribution < 1.29 is 9.90 Å². The van der Waals surface area contributed by atoms with Crippen LogP contribution in [0.5, 0.6) is 0 Å². The van der Waals surface area contributed by atoms with Gasteiger partial charge in [0.25, 0.3) is 0 Å². The highest BCUT2D eigenvalue weighted by Gasteiger charge is 2.24. The number of hydrogen-bond donors (Lipinski definition) is 2. The van der Waals surface area contributed by atoms with E-state index < -0.39 is 0 Å². The Bertz CT molecular complexity index is 417. The largest absolute Gasteiger partial charge is 0.391 e. The Morgan fingerprint density at radius 2 is 2.16 bits per heavy atom. The van der Waals surface area contributed by atoms with Crippen molar-refractivity contribution in [1.82, 2.24) is 4.90 Å². The number of anilines is 1. The monoisotopic (exact) mass is 262 g/mol. The lowest BCUT2D eigenvalue weighted by Crippen LogP contribution is -2.33. The summed E-state index contributed by atoms with van der Waals surface area (Å²) in [6.07, 6.45) is 3.77. The van der Waals surface area contributed by atoms with E-state index in [-0.39, 0.29) is 12.1 Å². The summed E-state index contributed by atoms with van der Waals surface area (Å²) in [4.78, 5) is 13.6. The Hall–Kier alpha value is -1.55. The molecule has 0 unspecified atom stereocenters. The molecule has 2 rings (SSSR count). The van der Waals surface area contributed by atoms with Crippen LogP contribution in [0.3, 0.4) is 0 Å². The molecule has 2 N–H and O–H groups in total. The summed E-state index contributed by atoms with van der Waals surface area (Å²) in [6, 6.07) is 7.87. The van der Waals surface area contributed by atoms with Crippen molar-refractivity contribution >= 4 is 11.7 Å². The minimum absolute atomic E-state index is 0.127. The van der Waals surface area contributed by atoms with Gasteiger partial charge in [-0.25, -0.2) is 4.79 Å². The predicted octanol–water partition coefficient (Wildman–Crippen LogP) is 2.63. The highest BCUT2D eigenvalue weighted by Crippen LogP contribution is 2.14. The van der Waals surface area contributed by atoms with Gasteiger partial charge in [-0.15, -0.1) is 0 Å². The number of aliphatic hydroxyl groups excluding tert-OH is 1. The molecule has 0 radical (unpaired) electrons. The number of unbranched alkanes of at least 4 members (excludes halogenated alkanes) is 1. The number of nitrogens with one attached hydrogen (secondary N) is 1. The van der Waals surface area contributed by atoms with E-state index in [4.69, 9.17) is 0 Å². The number of aryl methyl sites for hydroxylation is 1. The minimum atomic E-state index is -0.373. The molecule has 1 atom stereocenters. The average Bonchev–Trinajstić information content (AvgIpc) is 2.85. The Morgan fingerprint density at radius 1 is 1.42 bits per heavy atom. The summed E-state index contributed by atoms with van der Waals surface area (Å²) >= 11 is 0. The molecule has 19 heavy (non-hydrogen) atoms. The van der Waals surface area contributed by atoms with E-state index in [1.165, 1.54) is 18.4 Å². The molecule has 1 aliphatic heterocycles. The second-order valence-corrected chi connectivity index (χ2v) is 5.12. The van der Waals surface area contributed by atoms with Crippen LogP contribution < -0.4 is 5.32 Å². The zero-order chi connectivity index (χ0) is 13.7. The van der Waals surface area contributed by atoms with Crippen LogP contribution in [0.2, 0.25) is 0 Å². The summed E-state index contributed by atoms with van der Waals surface area (Å²) in [5.74, 6) is 0. The fourth-order valence-corrected chi connectivity index (χ4v) is 2.26. The Labute approximate surface area is 114 Å². The van der Waals surface area contributed by atoms with Crippen LogP contribution in [0.4, 0.5) is 10.5 Å². The molecule has 1 heterocycles. The number of carbonyl (C=O) groups excluding carboxylic acids is 1. The molecule has 4 nitrogen and oxygen atoms in total. The maximum Gasteiger partial charge on any atom is 0.321 e. The molecule has 104 valence electrons. The highest BCUT2D eigenvalue weighted by atomic mass is 16.3. The number of β-amino-alcohol motifs (C(OH)–C–C–N with tert-alkyl or cyclic N) is 1. The Morgan fingerprint density at radius 3 is 2.74 bits per heavy atom. The van der Waals surface area contributed by atoms with Crippen molar-refractivity contribution in [3.63, 3.8) is 0 Å². The summed E-state index contributed by atoms with van der Waals surface area (Å²) in [6.45, 7) is 3.24. The number of benzene rings is 1. The number of nitrogens with zero attached hydrogens (tertiary/aromatic N) is 1. The zero-order valence-electron chi connectivity index (χ0n) is 11.4. The fourth-order valence-electron chi connectivity index (χ4n) is 2.26. The number of hydrogen-bond acceptors (Lipinski definition) is 2. The van der Waals surface area contributed by atoms with Gasteiger partial charge in [0, 0.05) is 18.8 Å². The van der Waals surface area contributed by atoms with E-state index in [1.54, 1.807) is 4.90 Å². The molecule has 0 saturated carbocycles. The quantitative estimate of drug-likeness (QED) is 0.876. The Kier molecular flexibility index (Phi) is 4.80. The van der Waals surface area contributed by atoms with Crippen molar-refractivity contribution in [3.8, 4) is 0 Å². The van der Waals surface area contributed by atoms with Crippen molar-refractivity contribution in [2.45, 2.75) is 38.7 Å². The molecule has 1 aromatic carbocycles. The number of urea groups is 1. The van der Waals surface area contributed by atoms with E-state index in [9.17, 15) is 9.90 Å². The first-order valence-corrected chi connectivity index (χ1v) is 7.02. The lowest BCUT2D eigenvalue weighted by molar-refractivity contribution is 0.176. The molecule has 0 spiro atoms. The molecule has 1 aromatic rings. The average molecular weight is 262 g/mol. The first-order chi connectivity index (χ1) is 9.19. The molecule has 0 aliphatic carbocycles. The van der Waals surface area contributed by atoms with Crippen molar-refractivity contribution in [2.24, 2.45) is 0 Å². The van der Waals surface area contributed by atoms with Gasteiger partial charge in [-0.05, 0) is 37.0 Å². The van der Waals surface area contributed by atoms with E-state index in [0.717, 1.165) is 12.1 Å². The lowest BCUT2D eigenvalue weighted by atomic mass is 10.1. The topological polar surface area (TPSA) is 52.6 Å². The van der Waals surface area contributed by atoms with Gasteiger partial charge in [0.15, 0.2) is 0 Å². The van der Waals surface area contributed by atoms with Crippen LogP contribution >= 0.6 is 0 Å². The normalized spacial score (nSPS) is 18.6. The highest BCUT2D eigenvalue weighted by molar-refractivity contribution is 5.89. The second kappa shape index (κ2) is 6.57. The third-order valence-corrected chi connectivity index (χ3v) is 3.47. The predicted molar refractivity (Wildman–Crippen MR) is 76.3 cm³/mol. The van der Waals surface area contributed by atoms with E-state index in [1.807, 2.05) is 12.1 Å². The first kappa shape index (κ1) is 13.9. The van der Waals surface area contributed by atoms with Crippen LogP contribution in [0.1, 0.15) is 31.7 Å². The molecular formula is C15H22N2O2. The van der Waals surface area contributed by atoms with Gasteiger partial charge in [-0.1, -0.05) is 25.5 Å². The number of likely N-dealkylation sites (tertiary alicyclic amines) is 1. The second-order valence-electron chi connectivity index (χ2n) is 5.12. The maximum absolute atomic E-state index is 11.9. The number of amides is 2. The summed E-state index contributed by atoms with van der Waals surface area (Å²) in [5.41, 5.74) is 2.11. The molecule has 1 aliphatic rings. The van der Waals surface area contributed by atoms with Crippen LogP contribution in [0.25, 0.3) is 0 Å². The van der Waals surface area contributed by atoms with Gasteiger partial charge in [-0.3, -0.25) is 0 Å². The van der Waals surface area contributed by atoms with Crippen LogP contribution in [-0.4, -0.2) is 35.2 Å². The zero-order valence-corrected chi connectivity index (χ0v) is 11.4. The third-order valence-electron chi connectivity index (χ3n) is 3.47. The maximum atomic E-state index is 11.9. The van der Waals surface area contributed by atoms with Gasteiger partial charge in [-0.2, -0.15) is 0 Å². The lowest BCUT2D eigenvalue weighted by Gasteiger charge is -2.16. The van der Waals surface area contributed by atoms with Crippen LogP contribution in [0, 0.1) is 0 Å². The molecule has 1 saturated heterocycles. The van der Waals surface area contributed by atoms with Crippen molar-refractivity contribution in [2.75, 3.05) is 18.4 Å². The third kappa shape index (κ3) is 3.96. The van der Waals surface area contributed by atoms with Gasteiger partial charge in [0.2, 0.25) is 0 Å². The minimum Gasteiger partial charge on any atom is -0.391 e. The molecule has 2 amide bonds. The van der Waals surface area contributed by atoms with E-state index >= 15 is 0 Å². The van der Waals surface area contributed by atoms with Gasteiger partial charge < -0.3 is 15.3 Å². The van der Waals surface area contributed by atoms with E-state index in [0.29, 0.717) is 19.5 Å². The number of carbonyl (C=O) groups is 1. The van der Waals surface area contributed by atoms with E-state index in [2.05, 4.69) is 24.4 Å². The van der Waals surface area contributed by atoms with Crippen LogP contribution in [0.15, 0.2) is 24.3 Å². The van der Waals surface area contributed by atoms with Gasteiger partial charge in [0.1, 0.15) is 0 Å². The van der Waals surface area contributed by atoms with Crippen LogP contribution in [-0.2, 0) is 6.42 Å². The fraction of sp³-hybridized carbons (Fsp3) is 0.533. The SMILES string of the molecule is CCCCc1ccc(NC(=O)N2CC[C@@H](O)C2)cc1. The molecule has 1 fully saturated rings. The smallest absolute Gasteiger partial charge is 0.321 e. The van der Waals surface area contributed by atoms with Crippen molar-refractivity contribution in [1.29, 1.82) is 0 Å². The molecule has 0 bridgehead atoms. The number of rotatable bonds is 4. The summed E-state index contributed by atoms with van der Waals surface area (Å²) < 4.78 is 0. The summed E-state index contributed by atoms with van der Waals surface area (Å²) in [5, 5.41) is 12.3. The standard InChI is InChI=1S/C15H22N2O2/c1-2-3-4-12-5-7-13(8-6-12)16-15(19)17-10-9-14(18)11-17/h5-8,14,18H,2-4,9-11H2,1H3,(H,16,19)/t14-/m1/s1. The van der Waals surface area contributed by atoms with Crippen molar-refractivity contribution in [3.05, 3.63) is 29.8 Å². The number of aliphatic hydroxyl groups is 1. The molecule has 4 heteroatoms. The molecule has 0 aromatic heterocycles. The molecular weight excluding hydrogens is 240 g/mol. The summed E-state index contributed by atoms with van der Waals surface area (Å²) in [7, 11) is 0. The Balaban J connectivity index is 1.87. The first-order valence-electron chi connectivity index (χ1n) is 7.02.